The summed E-state index contributed by atoms with van der Waals surface area (Å²) in [4.78, 5) is 38.9. The van der Waals surface area contributed by atoms with Gasteiger partial charge in [-0.1, -0.05) is 17.7 Å². The molecule has 4 rings (SSSR count). The largest absolute Gasteiger partial charge is 0.503 e. The van der Waals surface area contributed by atoms with Crippen molar-refractivity contribution in [2.45, 2.75) is 31.4 Å². The maximum atomic E-state index is 14.7. The number of aromatic nitrogens is 1. The highest BCUT2D eigenvalue weighted by molar-refractivity contribution is 6.30. The topological polar surface area (TPSA) is 91.6 Å². The Hall–Kier alpha value is -3.08. The van der Waals surface area contributed by atoms with Crippen LogP contribution in [-0.4, -0.2) is 45.4 Å². The number of halogens is 5. The second-order valence-corrected chi connectivity index (χ2v) is 8.00. The van der Waals surface area contributed by atoms with Crippen LogP contribution in [0.2, 0.25) is 5.02 Å². The molecule has 2 N–H and O–H groups in total. The average molecular weight is 474 g/mol. The highest BCUT2D eigenvalue weighted by Gasteiger charge is 2.49. The number of carbonyl (C=O) groups is 2. The fourth-order valence-corrected chi connectivity index (χ4v) is 4.13. The van der Waals surface area contributed by atoms with Gasteiger partial charge in [-0.15, -0.1) is 0 Å². The first-order valence-corrected chi connectivity index (χ1v) is 9.96. The first-order valence-electron chi connectivity index (χ1n) is 9.58. The molecular weight excluding hydrogens is 458 g/mol. The van der Waals surface area contributed by atoms with Crippen LogP contribution in [0.5, 0.6) is 5.75 Å². The standard InChI is InChI=1S/C20H16ClF4N3O4/c21-13-11(22)3-2-9(14(13)23)6-26-18(31)10-7-28-12-8-27(5-1-4-20(12,24)25)19(32)15(28)17(30)16(10)29/h2-3,7,12,30H,1,4-6,8H2,(H,26,31)/t12-/m1/s1. The third kappa shape index (κ3) is 3.50. The summed E-state index contributed by atoms with van der Waals surface area (Å²) in [6.07, 6.45) is 0.327. The Morgan fingerprint density at radius 3 is 2.72 bits per heavy atom. The minimum absolute atomic E-state index is 0.0356. The summed E-state index contributed by atoms with van der Waals surface area (Å²) in [6.45, 7) is -0.799. The molecule has 2 amide bonds. The van der Waals surface area contributed by atoms with Gasteiger partial charge in [-0.25, -0.2) is 17.6 Å². The molecule has 1 saturated heterocycles. The summed E-state index contributed by atoms with van der Waals surface area (Å²) in [5, 5.41) is 11.8. The number of hydrogen-bond donors (Lipinski definition) is 2. The molecule has 0 unspecified atom stereocenters. The molecule has 12 heteroatoms. The van der Waals surface area contributed by atoms with Gasteiger partial charge in [-0.2, -0.15) is 0 Å². The van der Waals surface area contributed by atoms with Crippen molar-refractivity contribution >= 4 is 23.4 Å². The molecule has 1 aromatic heterocycles. The molecular formula is C20H16ClF4N3O4. The Labute approximate surface area is 183 Å². The minimum Gasteiger partial charge on any atom is -0.503 e. The average Bonchev–Trinajstić information content (AvgIpc) is 2.88. The second-order valence-electron chi connectivity index (χ2n) is 7.63. The number of aromatic hydroxyl groups is 1. The third-order valence-electron chi connectivity index (χ3n) is 5.65. The lowest BCUT2D eigenvalue weighted by Gasteiger charge is -2.37. The van der Waals surface area contributed by atoms with Crippen LogP contribution in [0, 0.1) is 11.6 Å². The van der Waals surface area contributed by atoms with Gasteiger partial charge in [0, 0.05) is 37.8 Å². The summed E-state index contributed by atoms with van der Waals surface area (Å²) < 4.78 is 57.5. The van der Waals surface area contributed by atoms with Crippen molar-refractivity contribution in [2.24, 2.45) is 0 Å². The monoisotopic (exact) mass is 473 g/mol. The van der Waals surface area contributed by atoms with E-state index in [1.165, 1.54) is 0 Å². The van der Waals surface area contributed by atoms with E-state index < -0.39 is 75.8 Å². The maximum absolute atomic E-state index is 14.7. The Balaban J connectivity index is 1.71. The van der Waals surface area contributed by atoms with Crippen molar-refractivity contribution in [2.75, 3.05) is 13.1 Å². The van der Waals surface area contributed by atoms with Crippen LogP contribution in [0.1, 0.15) is 45.3 Å². The predicted octanol–water partition coefficient (Wildman–Crippen LogP) is 2.84. The molecule has 0 aliphatic carbocycles. The molecule has 170 valence electrons. The molecule has 0 radical (unpaired) electrons. The van der Waals surface area contributed by atoms with Gasteiger partial charge in [0.05, 0.1) is 0 Å². The number of benzene rings is 1. The highest BCUT2D eigenvalue weighted by Crippen LogP contribution is 2.41. The van der Waals surface area contributed by atoms with E-state index in [2.05, 4.69) is 5.32 Å². The minimum atomic E-state index is -3.26. The van der Waals surface area contributed by atoms with Crippen molar-refractivity contribution in [1.82, 2.24) is 14.8 Å². The summed E-state index contributed by atoms with van der Waals surface area (Å²) in [6, 6.07) is 0.342. The first kappa shape index (κ1) is 22.1. The Morgan fingerprint density at radius 2 is 2.00 bits per heavy atom. The summed E-state index contributed by atoms with van der Waals surface area (Å²) in [7, 11) is 0. The molecule has 2 aliphatic heterocycles. The number of nitrogens with zero attached hydrogens (tertiary/aromatic N) is 2. The van der Waals surface area contributed by atoms with Crippen molar-refractivity contribution in [3.8, 4) is 5.75 Å². The van der Waals surface area contributed by atoms with E-state index in [1.807, 2.05) is 0 Å². The molecule has 0 spiro atoms. The second kappa shape index (κ2) is 7.80. The summed E-state index contributed by atoms with van der Waals surface area (Å²) in [5.74, 6) is -8.38. The lowest BCUT2D eigenvalue weighted by molar-refractivity contribution is -0.0597. The lowest BCUT2D eigenvalue weighted by atomic mass is 10.0. The normalized spacial score (nSPS) is 19.3. The van der Waals surface area contributed by atoms with Gasteiger partial charge in [-0.3, -0.25) is 14.4 Å². The van der Waals surface area contributed by atoms with Crippen LogP contribution in [0.3, 0.4) is 0 Å². The Kier molecular flexibility index (Phi) is 5.40. The van der Waals surface area contributed by atoms with Gasteiger partial charge in [-0.05, 0) is 12.5 Å². The zero-order valence-electron chi connectivity index (χ0n) is 16.3. The van der Waals surface area contributed by atoms with Crippen molar-refractivity contribution < 1.29 is 32.3 Å². The number of carbonyl (C=O) groups excluding carboxylic acids is 2. The van der Waals surface area contributed by atoms with Crippen LogP contribution < -0.4 is 10.7 Å². The van der Waals surface area contributed by atoms with Crippen molar-refractivity contribution in [3.63, 3.8) is 0 Å². The third-order valence-corrected chi connectivity index (χ3v) is 6.00. The van der Waals surface area contributed by atoms with E-state index in [4.69, 9.17) is 11.6 Å². The molecule has 2 aromatic rings. The molecule has 1 atom stereocenters. The quantitative estimate of drug-likeness (QED) is 0.530. The van der Waals surface area contributed by atoms with E-state index in [9.17, 15) is 37.1 Å². The Bertz CT molecular complexity index is 1200. The zero-order chi connectivity index (χ0) is 23.4. The summed E-state index contributed by atoms with van der Waals surface area (Å²) in [5.41, 5.74) is -2.74. The molecule has 0 saturated carbocycles. The van der Waals surface area contributed by atoms with Crippen LogP contribution in [0.4, 0.5) is 17.6 Å². The zero-order valence-corrected chi connectivity index (χ0v) is 17.1. The number of hydrogen-bond acceptors (Lipinski definition) is 4. The fraction of sp³-hybridized carbons (Fsp3) is 0.350. The number of nitrogens with one attached hydrogen (secondary N) is 1. The van der Waals surface area contributed by atoms with Crippen molar-refractivity contribution in [3.05, 3.63) is 62.0 Å². The van der Waals surface area contributed by atoms with Gasteiger partial charge in [0.25, 0.3) is 17.7 Å². The number of rotatable bonds is 3. The van der Waals surface area contributed by atoms with E-state index in [0.29, 0.717) is 0 Å². The molecule has 32 heavy (non-hydrogen) atoms. The number of pyridine rings is 1. The van der Waals surface area contributed by atoms with E-state index in [-0.39, 0.29) is 25.1 Å². The van der Waals surface area contributed by atoms with E-state index >= 15 is 0 Å². The first-order chi connectivity index (χ1) is 15.0. The SMILES string of the molecule is O=C(NCc1ccc(F)c(Cl)c1F)c1cn2c(c(O)c1=O)C(=O)N1CCCC(F)(F)[C@H]2C1. The van der Waals surface area contributed by atoms with E-state index in [1.54, 1.807) is 0 Å². The van der Waals surface area contributed by atoms with Crippen LogP contribution in [-0.2, 0) is 6.54 Å². The Morgan fingerprint density at radius 1 is 1.28 bits per heavy atom. The van der Waals surface area contributed by atoms with Crippen LogP contribution in [0.15, 0.2) is 23.1 Å². The van der Waals surface area contributed by atoms with E-state index in [0.717, 1.165) is 27.8 Å². The maximum Gasteiger partial charge on any atom is 0.274 e. The van der Waals surface area contributed by atoms with Crippen LogP contribution in [0.25, 0.3) is 0 Å². The van der Waals surface area contributed by atoms with Gasteiger partial charge in [0.2, 0.25) is 5.43 Å². The summed E-state index contributed by atoms with van der Waals surface area (Å²) >= 11 is 5.49. The number of alkyl halides is 2. The van der Waals surface area contributed by atoms with Gasteiger partial charge >= 0.3 is 0 Å². The molecule has 3 heterocycles. The molecule has 2 aliphatic rings. The molecule has 7 nitrogen and oxygen atoms in total. The molecule has 1 fully saturated rings. The van der Waals surface area contributed by atoms with Crippen molar-refractivity contribution in [1.29, 1.82) is 0 Å². The fourth-order valence-electron chi connectivity index (χ4n) is 3.94. The predicted molar refractivity (Wildman–Crippen MR) is 104 cm³/mol. The number of fused-ring (bicyclic) bond motifs is 4. The van der Waals surface area contributed by atoms with Gasteiger partial charge < -0.3 is 19.9 Å². The molecule has 2 bridgehead atoms. The van der Waals surface area contributed by atoms with Gasteiger partial charge in [0.1, 0.15) is 28.3 Å². The number of amides is 2. The van der Waals surface area contributed by atoms with Crippen LogP contribution >= 0.6 is 11.6 Å². The highest BCUT2D eigenvalue weighted by atomic mass is 35.5. The smallest absolute Gasteiger partial charge is 0.274 e. The lowest BCUT2D eigenvalue weighted by Crippen LogP contribution is -2.48. The molecule has 1 aromatic carbocycles. The van der Waals surface area contributed by atoms with Gasteiger partial charge in [0.15, 0.2) is 11.4 Å².